The van der Waals surface area contributed by atoms with Crippen molar-refractivity contribution in [2.75, 3.05) is 0 Å². The van der Waals surface area contributed by atoms with Gasteiger partial charge >= 0.3 is 0 Å². The van der Waals surface area contributed by atoms with E-state index in [1.807, 2.05) is 6.07 Å². The molecule has 88 valence electrons. The maximum absolute atomic E-state index is 12.0. The number of nitrogens with zero attached hydrogens (tertiary/aromatic N) is 3. The van der Waals surface area contributed by atoms with E-state index in [1.54, 1.807) is 35.0 Å². The molecule has 0 bridgehead atoms. The molecule has 1 heterocycles. The minimum atomic E-state index is -0.0615. The summed E-state index contributed by atoms with van der Waals surface area (Å²) in [4.78, 5) is 15.8. The Kier molecular flexibility index (Phi) is 3.66. The lowest BCUT2D eigenvalue weighted by atomic mass is 10.1. The van der Waals surface area contributed by atoms with Crippen LogP contribution in [0.3, 0.4) is 0 Å². The van der Waals surface area contributed by atoms with Crippen molar-refractivity contribution in [3.8, 4) is 6.07 Å². The molecule has 0 atom stereocenters. The van der Waals surface area contributed by atoms with Crippen molar-refractivity contribution in [3.63, 3.8) is 0 Å². The van der Waals surface area contributed by atoms with Crippen LogP contribution in [0.2, 0.25) is 5.02 Å². The average molecular weight is 259 g/mol. The molecule has 18 heavy (non-hydrogen) atoms. The van der Waals surface area contributed by atoms with E-state index >= 15 is 0 Å². The molecular formula is C13H9ClN3O+. The molecule has 0 unspecified atom stereocenters. The molecule has 0 aliphatic rings. The van der Waals surface area contributed by atoms with Crippen LogP contribution >= 0.6 is 11.6 Å². The maximum Gasteiger partial charge on any atom is 0.286 e. The topological polar surface area (TPSA) is 57.6 Å². The SMILES string of the molecule is N#Cc1ccc(C(=O)C[n+]2cncc(Cl)c2)cc1. The van der Waals surface area contributed by atoms with Crippen LogP contribution in [0.5, 0.6) is 0 Å². The van der Waals surface area contributed by atoms with Crippen LogP contribution in [0, 0.1) is 11.3 Å². The van der Waals surface area contributed by atoms with Crippen LogP contribution in [0.4, 0.5) is 0 Å². The van der Waals surface area contributed by atoms with Gasteiger partial charge in [-0.15, -0.1) is 0 Å². The van der Waals surface area contributed by atoms with E-state index < -0.39 is 0 Å². The van der Waals surface area contributed by atoms with Gasteiger partial charge in [-0.05, 0) is 24.3 Å². The molecule has 0 amide bonds. The van der Waals surface area contributed by atoms with E-state index in [4.69, 9.17) is 16.9 Å². The molecule has 0 aliphatic heterocycles. The smallest absolute Gasteiger partial charge is 0.286 e. The molecule has 0 aliphatic carbocycles. The minimum absolute atomic E-state index is 0.0615. The van der Waals surface area contributed by atoms with Gasteiger partial charge in [0.2, 0.25) is 5.78 Å². The van der Waals surface area contributed by atoms with Gasteiger partial charge in [0.15, 0.2) is 12.7 Å². The first-order valence-corrected chi connectivity index (χ1v) is 5.60. The monoisotopic (exact) mass is 258 g/mol. The van der Waals surface area contributed by atoms with Crippen LogP contribution in [0.25, 0.3) is 0 Å². The Labute approximate surface area is 109 Å². The number of ketones is 1. The highest BCUT2D eigenvalue weighted by atomic mass is 35.5. The van der Waals surface area contributed by atoms with Gasteiger partial charge < -0.3 is 0 Å². The summed E-state index contributed by atoms with van der Waals surface area (Å²) in [6.45, 7) is 0.166. The lowest BCUT2D eigenvalue weighted by molar-refractivity contribution is -0.686. The highest BCUT2D eigenvalue weighted by Crippen LogP contribution is 2.05. The van der Waals surface area contributed by atoms with Crippen molar-refractivity contribution in [3.05, 3.63) is 59.1 Å². The fourth-order valence-electron chi connectivity index (χ4n) is 1.49. The van der Waals surface area contributed by atoms with Crippen LogP contribution in [-0.2, 0) is 6.54 Å². The van der Waals surface area contributed by atoms with Crippen molar-refractivity contribution in [2.45, 2.75) is 6.54 Å². The van der Waals surface area contributed by atoms with Crippen LogP contribution in [0.15, 0.2) is 43.0 Å². The van der Waals surface area contributed by atoms with Crippen molar-refractivity contribution in [1.82, 2.24) is 4.98 Å². The Morgan fingerprint density at radius 3 is 2.72 bits per heavy atom. The van der Waals surface area contributed by atoms with E-state index in [1.165, 1.54) is 12.5 Å². The number of carbonyl (C=O) groups excluding carboxylic acids is 1. The van der Waals surface area contributed by atoms with Crippen LogP contribution in [0.1, 0.15) is 15.9 Å². The average Bonchev–Trinajstić information content (AvgIpc) is 2.39. The summed E-state index contributed by atoms with van der Waals surface area (Å²) in [5.41, 5.74) is 1.09. The number of rotatable bonds is 3. The third kappa shape index (κ3) is 2.90. The van der Waals surface area contributed by atoms with E-state index in [9.17, 15) is 4.79 Å². The second-order valence-corrected chi connectivity index (χ2v) is 4.13. The third-order valence-electron chi connectivity index (χ3n) is 2.36. The summed E-state index contributed by atoms with van der Waals surface area (Å²) in [7, 11) is 0. The van der Waals surface area contributed by atoms with Gasteiger partial charge in [-0.25, -0.2) is 4.57 Å². The molecule has 2 aromatic rings. The first-order chi connectivity index (χ1) is 8.69. The summed E-state index contributed by atoms with van der Waals surface area (Å²) in [5, 5.41) is 9.15. The molecule has 0 saturated carbocycles. The molecule has 2 rings (SSSR count). The Balaban J connectivity index is 2.14. The largest absolute Gasteiger partial charge is 0.290 e. The van der Waals surface area contributed by atoms with Crippen molar-refractivity contribution < 1.29 is 9.36 Å². The third-order valence-corrected chi connectivity index (χ3v) is 2.56. The molecule has 0 radical (unpaired) electrons. The van der Waals surface area contributed by atoms with E-state index in [2.05, 4.69) is 4.98 Å². The van der Waals surface area contributed by atoms with Gasteiger partial charge in [0.1, 0.15) is 11.2 Å². The first kappa shape index (κ1) is 12.2. The lowest BCUT2D eigenvalue weighted by Crippen LogP contribution is -2.37. The number of aromatic nitrogens is 2. The molecule has 4 nitrogen and oxygen atoms in total. The highest BCUT2D eigenvalue weighted by molar-refractivity contribution is 6.30. The van der Waals surface area contributed by atoms with Crippen molar-refractivity contribution in [1.29, 1.82) is 5.26 Å². The molecular weight excluding hydrogens is 250 g/mol. The summed E-state index contributed by atoms with van der Waals surface area (Å²) in [6.07, 6.45) is 4.67. The second-order valence-electron chi connectivity index (χ2n) is 3.69. The summed E-state index contributed by atoms with van der Waals surface area (Å²) >= 11 is 5.78. The molecule has 1 aromatic carbocycles. The Hall–Kier alpha value is -2.25. The lowest BCUT2D eigenvalue weighted by Gasteiger charge is -2.00. The van der Waals surface area contributed by atoms with Gasteiger partial charge in [-0.1, -0.05) is 16.6 Å². The van der Waals surface area contributed by atoms with E-state index in [0.29, 0.717) is 16.1 Å². The fraction of sp³-hybridized carbons (Fsp3) is 0.0769. The highest BCUT2D eigenvalue weighted by Gasteiger charge is 2.10. The summed E-state index contributed by atoms with van der Waals surface area (Å²) < 4.78 is 1.61. The zero-order valence-electron chi connectivity index (χ0n) is 9.38. The Morgan fingerprint density at radius 2 is 2.11 bits per heavy atom. The maximum atomic E-state index is 12.0. The van der Waals surface area contributed by atoms with Gasteiger partial charge in [0.25, 0.3) is 6.33 Å². The number of nitriles is 1. The summed E-state index contributed by atoms with van der Waals surface area (Å²) in [5.74, 6) is -0.0615. The number of halogens is 1. The quantitative estimate of drug-likeness (QED) is 0.623. The van der Waals surface area contributed by atoms with Crippen molar-refractivity contribution in [2.24, 2.45) is 0 Å². The molecule has 0 saturated heterocycles. The number of hydrogen-bond donors (Lipinski definition) is 0. The predicted octanol–water partition coefficient (Wildman–Crippen LogP) is 1.78. The number of carbonyl (C=O) groups is 1. The van der Waals surface area contributed by atoms with Gasteiger partial charge in [0.05, 0.1) is 11.6 Å². The van der Waals surface area contributed by atoms with E-state index in [-0.39, 0.29) is 12.3 Å². The molecule has 0 N–H and O–H groups in total. The molecule has 5 heteroatoms. The Morgan fingerprint density at radius 1 is 1.39 bits per heavy atom. The molecule has 0 fully saturated rings. The summed E-state index contributed by atoms with van der Waals surface area (Å²) in [6, 6.07) is 8.52. The first-order valence-electron chi connectivity index (χ1n) is 5.22. The number of Topliss-reactive ketones (excluding diaryl/α,β-unsaturated/α-hetero) is 1. The molecule has 1 aromatic heterocycles. The number of hydrogen-bond acceptors (Lipinski definition) is 3. The van der Waals surface area contributed by atoms with Gasteiger partial charge in [0, 0.05) is 5.56 Å². The number of benzene rings is 1. The fourth-order valence-corrected chi connectivity index (χ4v) is 1.67. The van der Waals surface area contributed by atoms with Crippen LogP contribution in [-0.4, -0.2) is 10.8 Å². The molecule has 0 spiro atoms. The predicted molar refractivity (Wildman–Crippen MR) is 64.9 cm³/mol. The minimum Gasteiger partial charge on any atom is -0.290 e. The van der Waals surface area contributed by atoms with Gasteiger partial charge in [-0.3, -0.25) is 4.79 Å². The van der Waals surface area contributed by atoms with Crippen LogP contribution < -0.4 is 4.57 Å². The van der Waals surface area contributed by atoms with Gasteiger partial charge in [-0.2, -0.15) is 5.26 Å². The Bertz CT molecular complexity index is 617. The van der Waals surface area contributed by atoms with E-state index in [0.717, 1.165) is 0 Å². The normalized spacial score (nSPS) is 9.78. The zero-order valence-corrected chi connectivity index (χ0v) is 10.1. The zero-order chi connectivity index (χ0) is 13.0. The second kappa shape index (κ2) is 5.39. The standard InChI is InChI=1S/C13H9ClN3O/c14-12-6-16-9-17(7-12)8-13(18)11-3-1-10(5-15)2-4-11/h1-4,6-7,9H,8H2/q+1. The van der Waals surface area contributed by atoms with Crippen molar-refractivity contribution >= 4 is 17.4 Å².